The molecule has 42 heavy (non-hydrogen) atoms. The van der Waals surface area contributed by atoms with Gasteiger partial charge in [0.05, 0.1) is 23.2 Å². The van der Waals surface area contributed by atoms with Crippen LogP contribution in [0.4, 0.5) is 0 Å². The van der Waals surface area contributed by atoms with Crippen LogP contribution in [0.5, 0.6) is 0 Å². The molecule has 0 aromatic carbocycles. The molecule has 3 unspecified atom stereocenters. The van der Waals surface area contributed by atoms with Crippen molar-refractivity contribution >= 4 is 45.5 Å². The number of amides is 2. The minimum absolute atomic E-state index is 0.00997. The third-order valence-electron chi connectivity index (χ3n) is 8.92. The summed E-state index contributed by atoms with van der Waals surface area (Å²) in [6.45, 7) is 19.8. The number of ether oxygens (including phenoxy) is 1. The Hall–Kier alpha value is -1.32. The molecule has 2 amide bonds. The number of alkyl halides is 1. The zero-order chi connectivity index (χ0) is 31.3. The summed E-state index contributed by atoms with van der Waals surface area (Å²) in [5, 5.41) is 9.10. The highest BCUT2D eigenvalue weighted by atomic mass is 79.9. The molecule has 238 valence electrons. The highest BCUT2D eigenvalue weighted by Crippen LogP contribution is 2.68. The van der Waals surface area contributed by atoms with E-state index in [-0.39, 0.29) is 39.9 Å². The van der Waals surface area contributed by atoms with Gasteiger partial charge in [-0.25, -0.2) is 0 Å². The molecular weight excluding hydrogens is 616 g/mol. The number of rotatable bonds is 17. The Kier molecular flexibility index (Phi) is 12.3. The Morgan fingerprint density at radius 1 is 1.12 bits per heavy atom. The van der Waals surface area contributed by atoms with Crippen LogP contribution in [0.25, 0.3) is 0 Å². The van der Waals surface area contributed by atoms with Gasteiger partial charge in [-0.2, -0.15) is 0 Å². The van der Waals surface area contributed by atoms with Gasteiger partial charge in [-0.15, -0.1) is 24.9 Å². The summed E-state index contributed by atoms with van der Waals surface area (Å²) in [5.41, 5.74) is -0.475. The predicted molar refractivity (Wildman–Crippen MR) is 175 cm³/mol. The van der Waals surface area contributed by atoms with Gasteiger partial charge >= 0.3 is 5.97 Å². The lowest BCUT2D eigenvalue weighted by atomic mass is 9.70. The Bertz CT molecular complexity index is 997. The molecule has 3 saturated heterocycles. The van der Waals surface area contributed by atoms with Crippen molar-refractivity contribution < 1.29 is 24.2 Å². The lowest BCUT2D eigenvalue weighted by molar-refractivity contribution is -0.154. The lowest BCUT2D eigenvalue weighted by Crippen LogP contribution is -2.60. The van der Waals surface area contributed by atoms with Crippen LogP contribution in [-0.2, 0) is 19.1 Å². The average Bonchev–Trinajstić information content (AvgIpc) is 3.48. The molecule has 0 aromatic rings. The molecule has 1 spiro atoms. The number of halogens is 1. The minimum Gasteiger partial charge on any atom is -0.465 e. The summed E-state index contributed by atoms with van der Waals surface area (Å²) in [5.74, 6) is -1.62. The maximum Gasteiger partial charge on any atom is 0.310 e. The first kappa shape index (κ1) is 35.2. The van der Waals surface area contributed by atoms with Gasteiger partial charge < -0.3 is 19.6 Å². The third-order valence-corrected chi connectivity index (χ3v) is 12.1. The Labute approximate surface area is 266 Å². The molecule has 0 saturated carbocycles. The molecule has 3 aliphatic rings. The smallest absolute Gasteiger partial charge is 0.310 e. The number of likely N-dealkylation sites (tertiary alicyclic amines) is 1. The summed E-state index contributed by atoms with van der Waals surface area (Å²) < 4.78 is 5.08. The maximum atomic E-state index is 14.8. The Morgan fingerprint density at radius 3 is 2.43 bits per heavy atom. The maximum absolute atomic E-state index is 14.8. The van der Waals surface area contributed by atoms with Gasteiger partial charge in [0, 0.05) is 35.3 Å². The topological polar surface area (TPSA) is 87.2 Å². The zero-order valence-electron chi connectivity index (χ0n) is 26.4. The average molecular weight is 670 g/mol. The minimum atomic E-state index is -0.693. The number of esters is 1. The number of hydrogen-bond donors (Lipinski definition) is 1. The number of unbranched alkanes of at least 4 members (excludes halogenated alkanes) is 5. The molecule has 3 aliphatic heterocycles. The SMILES string of the molecule is C=CCCCCOC(=O)[C@H]1[C@@H]2SC3(CC2Br)C(C(=O)N(CC=C)C(C)(C)CC(C)(C)C)N(CCCCCCO)C(=O)[C@H]13. The van der Waals surface area contributed by atoms with Crippen molar-refractivity contribution in [1.82, 2.24) is 9.80 Å². The van der Waals surface area contributed by atoms with Crippen LogP contribution in [0.3, 0.4) is 0 Å². The first-order valence-electron chi connectivity index (χ1n) is 15.7. The van der Waals surface area contributed by atoms with Gasteiger partial charge in [-0.05, 0) is 64.2 Å². The van der Waals surface area contributed by atoms with E-state index >= 15 is 0 Å². The van der Waals surface area contributed by atoms with Crippen molar-refractivity contribution in [2.24, 2.45) is 17.3 Å². The molecular formula is C33H53BrN2O5S. The standard InChI is InChI=1S/C33H53BrN2O5S/c1-8-10-11-16-20-41-30(40)24-25-28(38)35(18-14-12-13-15-19-37)27(33(25)21-23(34)26(24)42-33)29(39)36(17-9-2)32(6,7)22-31(3,4)5/h8-9,23-27,37H,1-2,10-22H2,3-7H3/t23?,24-,25+,26-,27?,33?/m1/s1. The normalized spacial score (nSPS) is 28.6. The van der Waals surface area contributed by atoms with Crippen LogP contribution in [0.2, 0.25) is 0 Å². The summed E-state index contributed by atoms with van der Waals surface area (Å²) in [6.07, 6.45) is 10.8. The molecule has 3 heterocycles. The highest BCUT2D eigenvalue weighted by Gasteiger charge is 2.76. The predicted octanol–water partition coefficient (Wildman–Crippen LogP) is 6.13. The second-order valence-electron chi connectivity index (χ2n) is 14.1. The van der Waals surface area contributed by atoms with Gasteiger partial charge in [0.2, 0.25) is 11.8 Å². The number of carbonyl (C=O) groups excluding carboxylic acids is 3. The van der Waals surface area contributed by atoms with Crippen molar-refractivity contribution in [2.75, 3.05) is 26.3 Å². The number of allylic oxidation sites excluding steroid dienone is 1. The van der Waals surface area contributed by atoms with E-state index in [1.807, 2.05) is 11.0 Å². The van der Waals surface area contributed by atoms with Crippen molar-refractivity contribution in [1.29, 1.82) is 0 Å². The number of hydrogen-bond acceptors (Lipinski definition) is 6. The molecule has 9 heteroatoms. The second-order valence-corrected chi connectivity index (χ2v) is 16.8. The molecule has 0 aromatic heterocycles. The van der Waals surface area contributed by atoms with Crippen LogP contribution in [-0.4, -0.2) is 85.4 Å². The van der Waals surface area contributed by atoms with Crippen LogP contribution < -0.4 is 0 Å². The van der Waals surface area contributed by atoms with Crippen molar-refractivity contribution in [3.8, 4) is 0 Å². The molecule has 7 nitrogen and oxygen atoms in total. The summed E-state index contributed by atoms with van der Waals surface area (Å²) in [7, 11) is 0. The fraction of sp³-hybridized carbons (Fsp3) is 0.788. The molecule has 1 N–H and O–H groups in total. The Balaban J connectivity index is 1.97. The number of aliphatic hydroxyl groups excluding tert-OH is 1. The van der Waals surface area contributed by atoms with E-state index in [1.54, 1.807) is 22.7 Å². The first-order chi connectivity index (χ1) is 19.8. The molecule has 6 atom stereocenters. The molecule has 2 bridgehead atoms. The first-order valence-corrected chi connectivity index (χ1v) is 17.5. The quantitative estimate of drug-likeness (QED) is 0.0868. The van der Waals surface area contributed by atoms with Crippen LogP contribution >= 0.6 is 27.7 Å². The van der Waals surface area contributed by atoms with E-state index in [4.69, 9.17) is 4.74 Å². The number of thioether (sulfide) groups is 1. The van der Waals surface area contributed by atoms with E-state index in [0.717, 1.165) is 51.4 Å². The summed E-state index contributed by atoms with van der Waals surface area (Å²) in [4.78, 5) is 46.5. The van der Waals surface area contributed by atoms with E-state index < -0.39 is 28.2 Å². The third kappa shape index (κ3) is 7.48. The van der Waals surface area contributed by atoms with Crippen molar-refractivity contribution in [3.63, 3.8) is 0 Å². The molecule has 0 radical (unpaired) electrons. The van der Waals surface area contributed by atoms with Gasteiger partial charge in [-0.1, -0.05) is 61.7 Å². The van der Waals surface area contributed by atoms with E-state index in [2.05, 4.69) is 63.7 Å². The number of carbonyl (C=O) groups is 3. The monoisotopic (exact) mass is 668 g/mol. The summed E-state index contributed by atoms with van der Waals surface area (Å²) >= 11 is 5.51. The summed E-state index contributed by atoms with van der Waals surface area (Å²) in [6, 6.07) is -0.660. The highest BCUT2D eigenvalue weighted by molar-refractivity contribution is 9.09. The van der Waals surface area contributed by atoms with E-state index in [0.29, 0.717) is 26.1 Å². The molecule has 3 rings (SSSR count). The molecule has 0 aliphatic carbocycles. The van der Waals surface area contributed by atoms with E-state index in [1.165, 1.54) is 0 Å². The van der Waals surface area contributed by atoms with Gasteiger partial charge in [-0.3, -0.25) is 14.4 Å². The van der Waals surface area contributed by atoms with E-state index in [9.17, 15) is 19.5 Å². The number of aliphatic hydroxyl groups is 1. The second kappa shape index (κ2) is 14.6. The van der Waals surface area contributed by atoms with Crippen molar-refractivity contribution in [2.45, 2.75) is 119 Å². The van der Waals surface area contributed by atoms with Crippen LogP contribution in [0.15, 0.2) is 25.3 Å². The van der Waals surface area contributed by atoms with Gasteiger partial charge in [0.1, 0.15) is 6.04 Å². The van der Waals surface area contributed by atoms with Crippen LogP contribution in [0.1, 0.15) is 92.4 Å². The number of nitrogens with zero attached hydrogens (tertiary/aromatic N) is 2. The fourth-order valence-corrected chi connectivity index (χ4v) is 11.2. The van der Waals surface area contributed by atoms with Crippen molar-refractivity contribution in [3.05, 3.63) is 25.3 Å². The zero-order valence-corrected chi connectivity index (χ0v) is 28.8. The molecule has 3 fully saturated rings. The Morgan fingerprint density at radius 2 is 1.81 bits per heavy atom. The lowest BCUT2D eigenvalue weighted by Gasteiger charge is -2.46. The largest absolute Gasteiger partial charge is 0.465 e. The van der Waals surface area contributed by atoms with Gasteiger partial charge in [0.15, 0.2) is 0 Å². The number of fused-ring (bicyclic) bond motifs is 1. The fourth-order valence-electron chi connectivity index (χ4n) is 7.63. The van der Waals surface area contributed by atoms with Crippen LogP contribution in [0, 0.1) is 17.3 Å². The van der Waals surface area contributed by atoms with Gasteiger partial charge in [0.25, 0.3) is 0 Å².